The van der Waals surface area contributed by atoms with Crippen LogP contribution in [0.4, 0.5) is 11.5 Å². The first kappa shape index (κ1) is 16.2. The number of carbonyl (C=O) groups is 2. The van der Waals surface area contributed by atoms with E-state index in [0.717, 1.165) is 0 Å². The molecule has 2 amide bonds. The Balaban J connectivity index is 2.11. The number of H-pyrrole nitrogens is 1. The summed E-state index contributed by atoms with van der Waals surface area (Å²) in [5.41, 5.74) is -0.848. The van der Waals surface area contributed by atoms with Crippen LogP contribution in [0.25, 0.3) is 0 Å². The van der Waals surface area contributed by atoms with Crippen molar-refractivity contribution in [3.63, 3.8) is 0 Å². The standard InChI is InChI=1S/C16H14Cl2N4O3/c1-6(2)22-13-11(14(24)21-22)16(5-10(23)19-13)8-3-7(17)4-9(18)12(8)20-15(16)25/h3-4,6H,5H2,1-2H3,(H,19,23)(H,20,25)(H,21,24). The van der Waals surface area contributed by atoms with E-state index in [0.29, 0.717) is 22.1 Å². The van der Waals surface area contributed by atoms with Crippen LogP contribution in [0, 0.1) is 0 Å². The van der Waals surface area contributed by atoms with Gasteiger partial charge in [-0.3, -0.25) is 24.2 Å². The number of aromatic nitrogens is 2. The zero-order valence-corrected chi connectivity index (χ0v) is 14.9. The Morgan fingerprint density at radius 2 is 1.88 bits per heavy atom. The van der Waals surface area contributed by atoms with Crippen LogP contribution >= 0.6 is 23.2 Å². The third-order valence-corrected chi connectivity index (χ3v) is 5.21. The highest BCUT2D eigenvalue weighted by atomic mass is 35.5. The van der Waals surface area contributed by atoms with E-state index >= 15 is 0 Å². The molecular weight excluding hydrogens is 367 g/mol. The summed E-state index contributed by atoms with van der Waals surface area (Å²) in [4.78, 5) is 38.1. The van der Waals surface area contributed by atoms with Gasteiger partial charge in [-0.15, -0.1) is 0 Å². The largest absolute Gasteiger partial charge is 0.323 e. The minimum Gasteiger partial charge on any atom is -0.323 e. The van der Waals surface area contributed by atoms with Crippen molar-refractivity contribution in [1.82, 2.24) is 9.78 Å². The highest BCUT2D eigenvalue weighted by molar-refractivity contribution is 6.38. The van der Waals surface area contributed by atoms with Crippen LogP contribution in [0.3, 0.4) is 0 Å². The van der Waals surface area contributed by atoms with Gasteiger partial charge in [0.05, 0.1) is 22.7 Å². The molecule has 130 valence electrons. The molecule has 25 heavy (non-hydrogen) atoms. The Hall–Kier alpha value is -2.25. The molecule has 1 spiro atoms. The molecule has 0 aliphatic carbocycles. The van der Waals surface area contributed by atoms with Crippen LogP contribution in [0.1, 0.15) is 37.4 Å². The number of nitrogens with zero attached hydrogens (tertiary/aromatic N) is 1. The van der Waals surface area contributed by atoms with Gasteiger partial charge >= 0.3 is 0 Å². The first-order valence-corrected chi connectivity index (χ1v) is 8.47. The Morgan fingerprint density at radius 1 is 1.16 bits per heavy atom. The van der Waals surface area contributed by atoms with Crippen molar-refractivity contribution in [2.45, 2.75) is 31.7 Å². The lowest BCUT2D eigenvalue weighted by atomic mass is 9.71. The predicted molar refractivity (Wildman–Crippen MR) is 94.6 cm³/mol. The molecule has 4 rings (SSSR count). The quantitative estimate of drug-likeness (QED) is 0.709. The lowest BCUT2D eigenvalue weighted by Gasteiger charge is -2.31. The van der Waals surface area contributed by atoms with Crippen molar-refractivity contribution in [2.24, 2.45) is 0 Å². The van der Waals surface area contributed by atoms with Crippen molar-refractivity contribution in [1.29, 1.82) is 0 Å². The van der Waals surface area contributed by atoms with Crippen LogP contribution < -0.4 is 16.2 Å². The second kappa shape index (κ2) is 5.12. The van der Waals surface area contributed by atoms with Gasteiger partial charge in [-0.05, 0) is 31.5 Å². The van der Waals surface area contributed by atoms with Crippen molar-refractivity contribution in [2.75, 3.05) is 10.6 Å². The summed E-state index contributed by atoms with van der Waals surface area (Å²) < 4.78 is 1.55. The SMILES string of the molecule is CC(C)n1[nH]c(=O)c2c1NC(=O)CC21C(=O)Nc2c(Cl)cc(Cl)cc21. The zero-order chi connectivity index (χ0) is 18.1. The molecule has 2 aromatic rings. The fraction of sp³-hybridized carbons (Fsp3) is 0.312. The summed E-state index contributed by atoms with van der Waals surface area (Å²) in [6.07, 6.45) is -0.194. The van der Waals surface area contributed by atoms with Crippen molar-refractivity contribution >= 4 is 46.5 Å². The lowest BCUT2D eigenvalue weighted by Crippen LogP contribution is -2.46. The first-order chi connectivity index (χ1) is 11.8. The Kier molecular flexibility index (Phi) is 3.33. The number of fused-ring (bicyclic) bond motifs is 4. The second-order valence-electron chi connectivity index (χ2n) is 6.52. The fourth-order valence-corrected chi connectivity index (χ4v) is 4.20. The molecule has 1 unspecified atom stereocenters. The Bertz CT molecular complexity index is 1010. The van der Waals surface area contributed by atoms with E-state index in [1.807, 2.05) is 13.8 Å². The molecule has 7 nitrogen and oxygen atoms in total. The smallest absolute Gasteiger partial charge is 0.270 e. The highest BCUT2D eigenvalue weighted by Crippen LogP contribution is 2.51. The number of carbonyl (C=O) groups excluding carboxylic acids is 2. The number of hydrogen-bond donors (Lipinski definition) is 3. The number of halogens is 2. The van der Waals surface area contributed by atoms with Gasteiger partial charge in [0.1, 0.15) is 11.2 Å². The van der Waals surface area contributed by atoms with E-state index < -0.39 is 16.9 Å². The number of nitrogens with one attached hydrogen (secondary N) is 3. The summed E-state index contributed by atoms with van der Waals surface area (Å²) >= 11 is 12.3. The molecule has 0 saturated carbocycles. The number of amides is 2. The third-order valence-electron chi connectivity index (χ3n) is 4.69. The minimum atomic E-state index is -1.45. The van der Waals surface area contributed by atoms with E-state index in [1.165, 1.54) is 6.07 Å². The van der Waals surface area contributed by atoms with E-state index in [-0.39, 0.29) is 29.0 Å². The van der Waals surface area contributed by atoms with E-state index in [2.05, 4.69) is 15.7 Å². The Labute approximate surface area is 152 Å². The summed E-state index contributed by atoms with van der Waals surface area (Å²) in [6, 6.07) is 2.97. The van der Waals surface area contributed by atoms with E-state index in [4.69, 9.17) is 23.2 Å². The number of hydrogen-bond acceptors (Lipinski definition) is 3. The van der Waals surface area contributed by atoms with Gasteiger partial charge in [0, 0.05) is 11.1 Å². The maximum Gasteiger partial charge on any atom is 0.270 e. The maximum atomic E-state index is 13.0. The van der Waals surface area contributed by atoms with Gasteiger partial charge in [0.2, 0.25) is 11.8 Å². The first-order valence-electron chi connectivity index (χ1n) is 7.71. The molecule has 0 fully saturated rings. The summed E-state index contributed by atoms with van der Waals surface area (Å²) in [5, 5.41) is 8.72. The topological polar surface area (TPSA) is 96.0 Å². The maximum absolute atomic E-state index is 13.0. The van der Waals surface area contributed by atoms with Crippen LogP contribution in [0.5, 0.6) is 0 Å². The number of benzene rings is 1. The second-order valence-corrected chi connectivity index (χ2v) is 7.37. The fourth-order valence-electron chi connectivity index (χ4n) is 3.66. The summed E-state index contributed by atoms with van der Waals surface area (Å²) in [5.74, 6) is -0.523. The van der Waals surface area contributed by atoms with Gasteiger partial charge in [-0.1, -0.05) is 23.2 Å². The van der Waals surface area contributed by atoms with Crippen LogP contribution in [0.15, 0.2) is 16.9 Å². The molecule has 0 bridgehead atoms. The molecule has 0 saturated heterocycles. The molecule has 2 aliphatic rings. The molecule has 0 radical (unpaired) electrons. The van der Waals surface area contributed by atoms with Gasteiger partial charge in [-0.25, -0.2) is 0 Å². The average molecular weight is 381 g/mol. The monoisotopic (exact) mass is 380 g/mol. The van der Waals surface area contributed by atoms with E-state index in [9.17, 15) is 14.4 Å². The average Bonchev–Trinajstić information content (AvgIpc) is 2.97. The van der Waals surface area contributed by atoms with Crippen LogP contribution in [0.2, 0.25) is 10.0 Å². The molecular formula is C16H14Cl2N4O3. The number of aromatic amines is 1. The van der Waals surface area contributed by atoms with Gasteiger partial charge in [0.15, 0.2) is 0 Å². The molecule has 1 aromatic carbocycles. The summed E-state index contributed by atoms with van der Waals surface area (Å²) in [7, 11) is 0. The van der Waals surface area contributed by atoms with Gasteiger partial charge in [-0.2, -0.15) is 0 Å². The number of rotatable bonds is 1. The van der Waals surface area contributed by atoms with Crippen LogP contribution in [-0.2, 0) is 15.0 Å². The predicted octanol–water partition coefficient (Wildman–Crippen LogP) is 2.64. The van der Waals surface area contributed by atoms with Crippen molar-refractivity contribution in [3.8, 4) is 0 Å². The normalized spacial score (nSPS) is 21.3. The third kappa shape index (κ3) is 2.02. The minimum absolute atomic E-state index is 0.112. The Morgan fingerprint density at radius 3 is 2.56 bits per heavy atom. The molecule has 9 heteroatoms. The van der Waals surface area contributed by atoms with E-state index in [1.54, 1.807) is 10.7 Å². The summed E-state index contributed by atoms with van der Waals surface area (Å²) in [6.45, 7) is 3.72. The molecule has 1 atom stereocenters. The van der Waals surface area contributed by atoms with Crippen molar-refractivity contribution in [3.05, 3.63) is 43.7 Å². The molecule has 1 aromatic heterocycles. The molecule has 2 aliphatic heterocycles. The van der Waals surface area contributed by atoms with Crippen LogP contribution in [-0.4, -0.2) is 21.6 Å². The number of anilines is 2. The van der Waals surface area contributed by atoms with Crippen molar-refractivity contribution < 1.29 is 9.59 Å². The molecule has 3 N–H and O–H groups in total. The lowest BCUT2D eigenvalue weighted by molar-refractivity contribution is -0.125. The highest BCUT2D eigenvalue weighted by Gasteiger charge is 2.56. The van der Waals surface area contributed by atoms with Gasteiger partial charge < -0.3 is 10.6 Å². The van der Waals surface area contributed by atoms with Gasteiger partial charge in [0.25, 0.3) is 5.56 Å². The zero-order valence-electron chi connectivity index (χ0n) is 13.4. The molecule has 3 heterocycles.